The smallest absolute Gasteiger partial charge is 0.164 e. The molecule has 1 heterocycles. The first-order valence-electron chi connectivity index (χ1n) is 20.6. The van der Waals surface area contributed by atoms with E-state index in [1.165, 1.54) is 44.5 Å². The van der Waals surface area contributed by atoms with Crippen LogP contribution in [0.2, 0.25) is 0 Å². The van der Waals surface area contributed by atoms with E-state index in [1.807, 2.05) is 24.3 Å². The molecule has 284 valence electrons. The first-order chi connectivity index (χ1) is 29.8. The molecule has 0 amide bonds. The molecule has 1 aliphatic rings. The van der Waals surface area contributed by atoms with Gasteiger partial charge in [0.2, 0.25) is 0 Å². The summed E-state index contributed by atoms with van der Waals surface area (Å²) in [7, 11) is 0. The maximum atomic E-state index is 5.19. The van der Waals surface area contributed by atoms with Crippen LogP contribution in [0, 0.1) is 0 Å². The molecule has 1 aromatic heterocycles. The van der Waals surface area contributed by atoms with Crippen molar-refractivity contribution < 1.29 is 0 Å². The Balaban J connectivity index is 1.20. The van der Waals surface area contributed by atoms with Gasteiger partial charge in [-0.1, -0.05) is 212 Å². The fourth-order valence-electron chi connectivity index (χ4n) is 8.27. The zero-order valence-corrected chi connectivity index (χ0v) is 33.1. The molecule has 3 heteroatoms. The van der Waals surface area contributed by atoms with Crippen LogP contribution in [0.4, 0.5) is 0 Å². The summed E-state index contributed by atoms with van der Waals surface area (Å²) in [4.78, 5) is 15.4. The highest BCUT2D eigenvalue weighted by atomic mass is 15.0. The zero-order chi connectivity index (χ0) is 40.1. The number of allylic oxidation sites excluding steroid dienone is 4. The lowest BCUT2D eigenvalue weighted by Crippen LogP contribution is -2.02. The summed E-state index contributed by atoms with van der Waals surface area (Å²) in [5.74, 6) is 1.89. The topological polar surface area (TPSA) is 38.7 Å². The van der Waals surface area contributed by atoms with Crippen LogP contribution in [0.3, 0.4) is 0 Å². The standard InChI is InChI=1S/C57H41N3/c1-7-20-40(21-8-1)41-34-36-47(37-35-41)56-58-55(46-30-17-6-18-31-46)59-57(60-56)49-33-19-32-48(38-49)51-39-50(42-22-9-2-10-23-42)52(43-24-11-3-12-25-43)54(45-28-15-5-16-29-45)53(51)44-26-13-4-14-27-44/h1-4,6-15,17-39H,5,16H2. The minimum absolute atomic E-state index is 0.622. The van der Waals surface area contributed by atoms with Crippen LogP contribution < -0.4 is 0 Å². The van der Waals surface area contributed by atoms with Gasteiger partial charge in [-0.3, -0.25) is 0 Å². The molecule has 10 rings (SSSR count). The van der Waals surface area contributed by atoms with Gasteiger partial charge in [0.15, 0.2) is 17.5 Å². The van der Waals surface area contributed by atoms with Gasteiger partial charge in [-0.15, -0.1) is 0 Å². The number of aromatic nitrogens is 3. The molecule has 0 atom stereocenters. The van der Waals surface area contributed by atoms with Gasteiger partial charge in [-0.25, -0.2) is 15.0 Å². The third-order valence-electron chi connectivity index (χ3n) is 11.2. The molecule has 60 heavy (non-hydrogen) atoms. The van der Waals surface area contributed by atoms with E-state index in [0.29, 0.717) is 17.5 Å². The Morgan fingerprint density at radius 2 is 0.683 bits per heavy atom. The summed E-state index contributed by atoms with van der Waals surface area (Å²) >= 11 is 0. The molecule has 0 saturated heterocycles. The summed E-state index contributed by atoms with van der Waals surface area (Å²) < 4.78 is 0. The highest BCUT2D eigenvalue weighted by Gasteiger charge is 2.25. The predicted molar refractivity (Wildman–Crippen MR) is 250 cm³/mol. The van der Waals surface area contributed by atoms with Crippen molar-refractivity contribution in [1.82, 2.24) is 15.0 Å². The van der Waals surface area contributed by atoms with Gasteiger partial charge in [0, 0.05) is 16.7 Å². The van der Waals surface area contributed by atoms with E-state index < -0.39 is 0 Å². The molecule has 0 aliphatic heterocycles. The van der Waals surface area contributed by atoms with Gasteiger partial charge in [-0.05, 0) is 91.7 Å². The number of hydrogen-bond acceptors (Lipinski definition) is 3. The molecule has 0 radical (unpaired) electrons. The van der Waals surface area contributed by atoms with Gasteiger partial charge < -0.3 is 0 Å². The Hall–Kier alpha value is -7.75. The van der Waals surface area contributed by atoms with E-state index >= 15 is 0 Å². The predicted octanol–water partition coefficient (Wildman–Crippen LogP) is 14.9. The van der Waals surface area contributed by atoms with Crippen molar-refractivity contribution in [2.45, 2.75) is 12.8 Å². The molecule has 8 aromatic carbocycles. The van der Waals surface area contributed by atoms with E-state index in [4.69, 9.17) is 15.0 Å². The molecule has 0 unspecified atom stereocenters. The first kappa shape index (κ1) is 36.6. The second-order valence-corrected chi connectivity index (χ2v) is 15.0. The second-order valence-electron chi connectivity index (χ2n) is 15.0. The van der Waals surface area contributed by atoms with Gasteiger partial charge in [0.1, 0.15) is 0 Å². The van der Waals surface area contributed by atoms with Crippen molar-refractivity contribution in [3.63, 3.8) is 0 Å². The number of rotatable bonds is 9. The lowest BCUT2D eigenvalue weighted by molar-refractivity contribution is 1.04. The van der Waals surface area contributed by atoms with Crippen LogP contribution in [-0.4, -0.2) is 15.0 Å². The number of nitrogens with zero attached hydrogens (tertiary/aromatic N) is 3. The van der Waals surface area contributed by atoms with Gasteiger partial charge in [-0.2, -0.15) is 0 Å². The Morgan fingerprint density at radius 3 is 1.22 bits per heavy atom. The van der Waals surface area contributed by atoms with Crippen LogP contribution in [-0.2, 0) is 0 Å². The fraction of sp³-hybridized carbons (Fsp3) is 0.0351. The summed E-state index contributed by atoms with van der Waals surface area (Å²) in [5, 5.41) is 0. The molecule has 0 saturated carbocycles. The number of benzene rings is 8. The molecular weight excluding hydrogens is 727 g/mol. The Kier molecular flexibility index (Phi) is 10.1. The normalized spacial score (nSPS) is 12.2. The maximum absolute atomic E-state index is 5.19. The van der Waals surface area contributed by atoms with Crippen molar-refractivity contribution in [2.75, 3.05) is 0 Å². The summed E-state index contributed by atoms with van der Waals surface area (Å²) in [6, 6.07) is 72.7. The molecule has 9 aromatic rings. The summed E-state index contributed by atoms with van der Waals surface area (Å²) in [6.07, 6.45) is 9.07. The summed E-state index contributed by atoms with van der Waals surface area (Å²) in [5.41, 5.74) is 16.9. The van der Waals surface area contributed by atoms with Crippen LogP contribution in [0.15, 0.2) is 224 Å². The van der Waals surface area contributed by atoms with Crippen molar-refractivity contribution in [1.29, 1.82) is 0 Å². The third kappa shape index (κ3) is 7.41. The highest BCUT2D eigenvalue weighted by Crippen LogP contribution is 2.49. The zero-order valence-electron chi connectivity index (χ0n) is 33.1. The van der Waals surface area contributed by atoms with Crippen molar-refractivity contribution in [2.24, 2.45) is 0 Å². The molecule has 0 fully saturated rings. The van der Waals surface area contributed by atoms with E-state index in [2.05, 4.69) is 200 Å². The molecule has 0 N–H and O–H groups in total. The van der Waals surface area contributed by atoms with Gasteiger partial charge in [0.05, 0.1) is 0 Å². The largest absolute Gasteiger partial charge is 0.208 e. The average Bonchev–Trinajstić information content (AvgIpc) is 3.35. The van der Waals surface area contributed by atoms with Crippen molar-refractivity contribution in [3.05, 3.63) is 230 Å². The molecule has 1 aliphatic carbocycles. The van der Waals surface area contributed by atoms with E-state index in [9.17, 15) is 0 Å². The number of hydrogen-bond donors (Lipinski definition) is 0. The van der Waals surface area contributed by atoms with Gasteiger partial charge in [0.25, 0.3) is 0 Å². The lowest BCUT2D eigenvalue weighted by Gasteiger charge is -2.25. The van der Waals surface area contributed by atoms with E-state index in [1.54, 1.807) is 0 Å². The Bertz CT molecular complexity index is 2970. The fourth-order valence-corrected chi connectivity index (χ4v) is 8.27. The van der Waals surface area contributed by atoms with Crippen LogP contribution >= 0.6 is 0 Å². The van der Waals surface area contributed by atoms with Crippen molar-refractivity contribution in [3.8, 4) is 89.8 Å². The molecule has 3 nitrogen and oxygen atoms in total. The molecular formula is C57H41N3. The van der Waals surface area contributed by atoms with E-state index in [-0.39, 0.29) is 0 Å². The van der Waals surface area contributed by atoms with Crippen LogP contribution in [0.1, 0.15) is 18.4 Å². The SMILES string of the molecule is C1=CC(c2c(-c3ccccc3)c(-c3ccccc3)cc(-c3cccc(-c4nc(-c5ccccc5)nc(-c5ccc(-c6ccccc6)cc5)n4)c3)c2-c2ccccc2)=CCC1. The third-order valence-corrected chi connectivity index (χ3v) is 11.2. The van der Waals surface area contributed by atoms with Crippen LogP contribution in [0.5, 0.6) is 0 Å². The first-order valence-corrected chi connectivity index (χ1v) is 20.6. The maximum Gasteiger partial charge on any atom is 0.164 e. The summed E-state index contributed by atoms with van der Waals surface area (Å²) in [6.45, 7) is 0. The Morgan fingerprint density at radius 1 is 0.283 bits per heavy atom. The minimum atomic E-state index is 0.622. The van der Waals surface area contributed by atoms with Gasteiger partial charge >= 0.3 is 0 Å². The van der Waals surface area contributed by atoms with Crippen molar-refractivity contribution >= 4 is 5.57 Å². The second kappa shape index (κ2) is 16.6. The Labute approximate surface area is 351 Å². The van der Waals surface area contributed by atoms with Crippen LogP contribution in [0.25, 0.3) is 95.4 Å². The molecule has 0 bridgehead atoms. The minimum Gasteiger partial charge on any atom is -0.208 e. The monoisotopic (exact) mass is 767 g/mol. The van der Waals surface area contributed by atoms with E-state index in [0.717, 1.165) is 51.8 Å². The lowest BCUT2D eigenvalue weighted by atomic mass is 9.78. The average molecular weight is 768 g/mol. The quantitative estimate of drug-likeness (QED) is 0.147. The highest BCUT2D eigenvalue weighted by molar-refractivity contribution is 6.06. The molecule has 0 spiro atoms.